The first-order valence-corrected chi connectivity index (χ1v) is 10.3. The first-order valence-electron chi connectivity index (χ1n) is 9.88. The molecule has 1 fully saturated rings. The van der Waals surface area contributed by atoms with Crippen LogP contribution in [0.3, 0.4) is 0 Å². The summed E-state index contributed by atoms with van der Waals surface area (Å²) in [6, 6.07) is 0.420. The highest BCUT2D eigenvalue weighted by Gasteiger charge is 2.27. The number of aromatic nitrogens is 4. The molecule has 8 nitrogen and oxygen atoms in total. The van der Waals surface area contributed by atoms with Crippen molar-refractivity contribution in [3.8, 4) is 5.88 Å². The zero-order chi connectivity index (χ0) is 19.7. The van der Waals surface area contributed by atoms with E-state index in [-0.39, 0.29) is 12.1 Å². The van der Waals surface area contributed by atoms with Crippen LogP contribution in [-0.2, 0) is 4.74 Å². The molecule has 2 bridgehead atoms. The maximum absolute atomic E-state index is 6.25. The van der Waals surface area contributed by atoms with E-state index >= 15 is 0 Å². The summed E-state index contributed by atoms with van der Waals surface area (Å²) in [7, 11) is 0. The van der Waals surface area contributed by atoms with E-state index in [9.17, 15) is 0 Å². The van der Waals surface area contributed by atoms with Crippen molar-refractivity contribution >= 4 is 29.1 Å². The van der Waals surface area contributed by atoms with Crippen molar-refractivity contribution in [3.05, 3.63) is 16.9 Å². The van der Waals surface area contributed by atoms with Crippen LogP contribution in [0.5, 0.6) is 5.88 Å². The summed E-state index contributed by atoms with van der Waals surface area (Å²) in [5, 5.41) is 11.9. The highest BCUT2D eigenvalue weighted by atomic mass is 35.5. The maximum atomic E-state index is 6.25. The highest BCUT2D eigenvalue weighted by molar-refractivity contribution is 6.32. The first-order chi connectivity index (χ1) is 13.5. The molecule has 2 aromatic rings. The van der Waals surface area contributed by atoms with Gasteiger partial charge in [0.15, 0.2) is 5.82 Å². The molecule has 2 aliphatic heterocycles. The molecule has 2 N–H and O–H groups in total. The van der Waals surface area contributed by atoms with E-state index in [4.69, 9.17) is 26.2 Å². The normalized spacial score (nSPS) is 21.5. The van der Waals surface area contributed by atoms with Crippen molar-refractivity contribution in [1.29, 1.82) is 0 Å². The van der Waals surface area contributed by atoms with Gasteiger partial charge in [-0.25, -0.2) is 4.98 Å². The quantitative estimate of drug-likeness (QED) is 0.780. The number of fused-ring (bicyclic) bond motifs is 3. The summed E-state index contributed by atoms with van der Waals surface area (Å²) in [5.41, 5.74) is 1.82. The number of hydrogen-bond acceptors (Lipinski definition) is 7. The Bertz CT molecular complexity index is 836. The number of rotatable bonds is 2. The third kappa shape index (κ3) is 3.89. The van der Waals surface area contributed by atoms with Crippen LogP contribution in [0.2, 0.25) is 5.02 Å². The van der Waals surface area contributed by atoms with E-state index in [1.54, 1.807) is 6.20 Å². The summed E-state index contributed by atoms with van der Waals surface area (Å²) in [6.45, 7) is 8.52. The van der Waals surface area contributed by atoms with Gasteiger partial charge in [-0.3, -0.25) is 4.68 Å². The Morgan fingerprint density at radius 1 is 1.25 bits per heavy atom. The number of hydrogen-bond donors (Lipinski definition) is 2. The Hall–Kier alpha value is -2.06. The van der Waals surface area contributed by atoms with Crippen LogP contribution in [0, 0.1) is 12.8 Å². The van der Waals surface area contributed by atoms with Gasteiger partial charge < -0.3 is 20.1 Å². The lowest BCUT2D eigenvalue weighted by Gasteiger charge is -2.28. The predicted molar refractivity (Wildman–Crippen MR) is 109 cm³/mol. The van der Waals surface area contributed by atoms with Gasteiger partial charge in [0.25, 0.3) is 5.88 Å². The van der Waals surface area contributed by atoms with Crippen molar-refractivity contribution in [2.45, 2.75) is 52.1 Å². The lowest BCUT2D eigenvalue weighted by atomic mass is 9.93. The lowest BCUT2D eigenvalue weighted by molar-refractivity contribution is 0.0490. The van der Waals surface area contributed by atoms with E-state index in [0.29, 0.717) is 35.2 Å². The first kappa shape index (κ1) is 19.3. The number of nitrogens with one attached hydrogen (secondary N) is 2. The Balaban J connectivity index is 1.68. The minimum atomic E-state index is 0.158. The number of halogens is 1. The van der Waals surface area contributed by atoms with Gasteiger partial charge in [-0.2, -0.15) is 4.98 Å². The molecule has 0 saturated carbocycles. The van der Waals surface area contributed by atoms with Crippen molar-refractivity contribution in [1.82, 2.24) is 19.7 Å². The Labute approximate surface area is 170 Å². The Morgan fingerprint density at radius 3 is 2.82 bits per heavy atom. The molecular weight excluding hydrogens is 380 g/mol. The van der Waals surface area contributed by atoms with Gasteiger partial charge >= 0.3 is 0 Å². The minimum Gasteiger partial charge on any atom is -0.475 e. The van der Waals surface area contributed by atoms with Gasteiger partial charge in [0.05, 0.1) is 24.5 Å². The molecule has 1 saturated heterocycles. The second kappa shape index (κ2) is 8.13. The molecule has 0 spiro atoms. The fourth-order valence-corrected chi connectivity index (χ4v) is 3.96. The Morgan fingerprint density at radius 2 is 2.04 bits per heavy atom. The third-order valence-corrected chi connectivity index (χ3v) is 5.88. The lowest BCUT2D eigenvalue weighted by Crippen LogP contribution is -2.25. The summed E-state index contributed by atoms with van der Waals surface area (Å²) in [5.74, 6) is 2.21. The number of ether oxygens (including phenoxy) is 2. The molecule has 152 valence electrons. The number of anilines is 3. The highest BCUT2D eigenvalue weighted by Crippen LogP contribution is 2.36. The smallest absolute Gasteiger partial charge is 0.257 e. The summed E-state index contributed by atoms with van der Waals surface area (Å²) in [4.78, 5) is 8.85. The van der Waals surface area contributed by atoms with Crippen molar-refractivity contribution in [2.24, 2.45) is 5.92 Å². The molecular formula is C19H27ClN6O2. The fourth-order valence-electron chi connectivity index (χ4n) is 3.81. The van der Waals surface area contributed by atoms with Crippen LogP contribution in [-0.4, -0.2) is 45.6 Å². The monoisotopic (exact) mass is 406 g/mol. The van der Waals surface area contributed by atoms with E-state index in [1.165, 1.54) is 0 Å². The average molecular weight is 407 g/mol. The van der Waals surface area contributed by atoms with Crippen molar-refractivity contribution < 1.29 is 9.47 Å². The van der Waals surface area contributed by atoms with Crippen molar-refractivity contribution in [2.75, 3.05) is 30.5 Å². The second-order valence-corrected chi connectivity index (χ2v) is 8.01. The third-order valence-electron chi connectivity index (χ3n) is 5.61. The summed E-state index contributed by atoms with van der Waals surface area (Å²) >= 11 is 6.25. The molecule has 2 unspecified atom stereocenters. The van der Waals surface area contributed by atoms with Gasteiger partial charge in [0, 0.05) is 25.7 Å². The van der Waals surface area contributed by atoms with E-state index in [0.717, 1.165) is 43.9 Å². The molecule has 9 heteroatoms. The van der Waals surface area contributed by atoms with E-state index in [2.05, 4.69) is 46.1 Å². The van der Waals surface area contributed by atoms with Crippen LogP contribution < -0.4 is 15.4 Å². The molecule has 0 radical (unpaired) electrons. The van der Waals surface area contributed by atoms with Gasteiger partial charge in [-0.15, -0.1) is 5.10 Å². The topological polar surface area (TPSA) is 86.1 Å². The molecule has 0 amide bonds. The zero-order valence-corrected chi connectivity index (χ0v) is 17.3. The largest absolute Gasteiger partial charge is 0.475 e. The zero-order valence-electron chi connectivity index (χ0n) is 16.5. The molecule has 28 heavy (non-hydrogen) atoms. The van der Waals surface area contributed by atoms with Crippen LogP contribution >= 0.6 is 11.6 Å². The average Bonchev–Trinajstić information content (AvgIpc) is 2.99. The second-order valence-electron chi connectivity index (χ2n) is 7.60. The molecule has 4 rings (SSSR count). The number of nitrogens with zero attached hydrogens (tertiary/aromatic N) is 4. The molecule has 2 aliphatic rings. The van der Waals surface area contributed by atoms with E-state index < -0.39 is 0 Å². The predicted octanol–water partition coefficient (Wildman–Crippen LogP) is 3.95. The van der Waals surface area contributed by atoms with Crippen molar-refractivity contribution in [3.63, 3.8) is 0 Å². The minimum absolute atomic E-state index is 0.158. The maximum Gasteiger partial charge on any atom is 0.257 e. The van der Waals surface area contributed by atoms with E-state index in [1.807, 2.05) is 0 Å². The summed E-state index contributed by atoms with van der Waals surface area (Å²) in [6.07, 6.45) is 4.50. The molecule has 2 aromatic heterocycles. The van der Waals surface area contributed by atoms with Gasteiger partial charge in [0.1, 0.15) is 10.7 Å². The standard InChI is InChI=1S/C19H27ClN6O2/c1-11-4-9-28-18-16(23-19-21-10-15(20)17(22-11)24-19)13(3)26(25-18)12(2)14-5-7-27-8-6-14/h10-12,14H,4-9H2,1-3H3,(H2,21,22,23,24). The van der Waals surface area contributed by atoms with Crippen LogP contribution in [0.15, 0.2) is 6.20 Å². The fraction of sp³-hybridized carbons (Fsp3) is 0.632. The van der Waals surface area contributed by atoms with Crippen LogP contribution in [0.1, 0.15) is 44.8 Å². The SMILES string of the molecule is Cc1c2c(nn1C(C)C1CCOCC1)OCCC(C)Nc1nc(ncc1Cl)N2. The molecule has 2 atom stereocenters. The Kier molecular flexibility index (Phi) is 5.59. The van der Waals surface area contributed by atoms with Gasteiger partial charge in [-0.05, 0) is 39.5 Å². The molecule has 0 aliphatic carbocycles. The van der Waals surface area contributed by atoms with Crippen LogP contribution in [0.25, 0.3) is 0 Å². The molecule has 4 heterocycles. The van der Waals surface area contributed by atoms with Crippen LogP contribution in [0.4, 0.5) is 17.5 Å². The van der Waals surface area contributed by atoms with Gasteiger partial charge in [0.2, 0.25) is 5.95 Å². The summed E-state index contributed by atoms with van der Waals surface area (Å²) < 4.78 is 13.6. The van der Waals surface area contributed by atoms with Gasteiger partial charge in [-0.1, -0.05) is 11.6 Å². The molecule has 0 aromatic carbocycles.